The smallest absolute Gasteiger partial charge is 0.358 e. The van der Waals surface area contributed by atoms with E-state index in [1.807, 2.05) is 110 Å². The van der Waals surface area contributed by atoms with Crippen LogP contribution in [0.25, 0.3) is 34.0 Å². The molecule has 4 atom stereocenters. The number of esters is 1. The van der Waals surface area contributed by atoms with Crippen LogP contribution in [0.5, 0.6) is 0 Å². The van der Waals surface area contributed by atoms with Gasteiger partial charge in [0.2, 0.25) is 17.7 Å². The Kier molecular flexibility index (Phi) is 49.8. The number of rotatable bonds is 32. The molecule has 5 heterocycles. The SMILES string of the molecule is CC(C)C(=O)O.CC(C)c1nnc(CCNC(=O)c2cc(-c3ccccc3)on2)s1.CCCC(=O)NCC(=O)[C@@H](C)O[Si](C)(C)C(C)(C)C.CCCC(=O)NN.COC(=O)[C@@H](C)O.C[C@@H](O)c1nnc(CCNC(=O)c2cc(-c3ccccc3)on2)s1.C[C@@H](O[Si](C)(C)C(C)(C)C)C(=O)CNC(=O)CCN.O=C(O)c1cc(-c2ccccc2)on1. The number of ether oxygens (including phenoxy) is 1. The number of hydrazine groups is 1. The molecule has 0 aliphatic heterocycles. The van der Waals surface area contributed by atoms with E-state index in [0.717, 1.165) is 44.6 Å². The van der Waals surface area contributed by atoms with Gasteiger partial charge in [0.1, 0.15) is 44.4 Å². The van der Waals surface area contributed by atoms with Crippen LogP contribution in [0, 0.1) is 5.92 Å². The van der Waals surface area contributed by atoms with E-state index in [4.69, 9.17) is 49.3 Å². The molecule has 5 aromatic heterocycles. The number of carbonyl (C=O) groups excluding carboxylic acids is 8. The van der Waals surface area contributed by atoms with Crippen molar-refractivity contribution in [3.63, 3.8) is 0 Å². The number of hydrogen-bond acceptors (Lipinski definition) is 29. The van der Waals surface area contributed by atoms with Crippen molar-refractivity contribution in [2.24, 2.45) is 17.5 Å². The number of hydrogen-bond donors (Lipinski definition) is 11. The quantitative estimate of drug-likeness (QED) is 0.00613. The minimum atomic E-state index is -1.96. The second-order valence-corrected chi connectivity index (χ2v) is 42.1. The van der Waals surface area contributed by atoms with Crippen LogP contribution in [0.15, 0.2) is 123 Å². The average molecular weight is 1750 g/mol. The molecule has 8 rings (SSSR count). The highest BCUT2D eigenvalue weighted by Gasteiger charge is 2.41. The number of carbonyl (C=O) groups is 10. The zero-order valence-electron chi connectivity index (χ0n) is 72.8. The Morgan fingerprint density at radius 1 is 0.508 bits per heavy atom. The number of nitrogens with two attached hydrogens (primary N) is 2. The molecule has 0 aliphatic rings. The van der Waals surface area contributed by atoms with Gasteiger partial charge in [-0.25, -0.2) is 15.4 Å². The summed E-state index contributed by atoms with van der Waals surface area (Å²) in [4.78, 5) is 111. The summed E-state index contributed by atoms with van der Waals surface area (Å²) in [6, 6.07) is 32.9. The molecule has 662 valence electrons. The van der Waals surface area contributed by atoms with E-state index in [1.54, 1.807) is 58.1 Å². The second kappa shape index (κ2) is 55.5. The van der Waals surface area contributed by atoms with E-state index in [9.17, 15) is 53.1 Å². The highest BCUT2D eigenvalue weighted by Crippen LogP contribution is 2.38. The number of nitrogens with zero attached hydrogens (tertiary/aromatic N) is 7. The lowest BCUT2D eigenvalue weighted by Gasteiger charge is -2.38. The first-order valence-electron chi connectivity index (χ1n) is 39.0. The number of carboxylic acid groups (broad SMARTS) is 2. The first kappa shape index (κ1) is 108. The average Bonchev–Trinajstić information content (AvgIpc) is 1.48. The second-order valence-electron chi connectivity index (χ2n) is 30.4. The summed E-state index contributed by atoms with van der Waals surface area (Å²) in [5, 5.41) is 75.7. The van der Waals surface area contributed by atoms with Crippen LogP contribution in [-0.2, 0) is 60.0 Å². The lowest BCUT2D eigenvalue weighted by Crippen LogP contribution is -2.47. The van der Waals surface area contributed by atoms with Gasteiger partial charge < -0.3 is 74.6 Å². The maximum absolute atomic E-state index is 12.1. The molecule has 0 bridgehead atoms. The third-order valence-corrected chi connectivity index (χ3v) is 28.9. The molecule has 8 aromatic rings. The van der Waals surface area contributed by atoms with Crippen molar-refractivity contribution >= 4 is 98.3 Å². The number of aromatic nitrogens is 7. The largest absolute Gasteiger partial charge is 0.481 e. The normalized spacial score (nSPS) is 11.9. The van der Waals surface area contributed by atoms with Crippen molar-refractivity contribution in [3.05, 3.63) is 146 Å². The number of methoxy groups -OCH3 is 1. The zero-order chi connectivity index (χ0) is 91.1. The number of ketones is 2. The number of benzene rings is 3. The Morgan fingerprint density at radius 2 is 0.850 bits per heavy atom. The predicted molar refractivity (Wildman–Crippen MR) is 463 cm³/mol. The molecule has 0 saturated carbocycles. The summed E-state index contributed by atoms with van der Waals surface area (Å²) in [7, 11) is -2.66. The Hall–Kier alpha value is -10.3. The minimum absolute atomic E-state index is 0.00855. The summed E-state index contributed by atoms with van der Waals surface area (Å²) in [6.07, 6.45) is 1.49. The van der Waals surface area contributed by atoms with Gasteiger partial charge >= 0.3 is 17.9 Å². The zero-order valence-corrected chi connectivity index (χ0v) is 76.4. The van der Waals surface area contributed by atoms with Crippen LogP contribution in [0.2, 0.25) is 36.3 Å². The first-order valence-corrected chi connectivity index (χ1v) is 46.5. The van der Waals surface area contributed by atoms with Crippen molar-refractivity contribution in [2.75, 3.05) is 39.8 Å². The molecule has 38 heteroatoms. The molecule has 0 spiro atoms. The molecule has 0 aliphatic carbocycles. The fraction of sp³-hybridized carbons (Fsp3) is 0.500. The van der Waals surface area contributed by atoms with Gasteiger partial charge in [0, 0.05) is 92.5 Å². The standard InChI is InChI=1S/C17H18N4O2S.C16H16N4O3S.C14H29NO3Si.C13H28N2O3Si.C10H7NO3.C4H10N2O.C4H8O3.C4H8O2/c1-11(2)17-20-19-15(24-17)8-9-18-16(22)13-10-14(23-21-13)12-6-4-3-5-7-12;1-10(21)16-19-18-14(24-16)7-8-17-15(22)12-9-13(23-20-12)11-5-3-2-4-6-11;1-8-9-13(17)15-10-12(16)11(2)18-19(6,7)14(3,4)5;1-10(18-19(5,6)13(2,3)4)11(16)9-15-12(17)7-8-14;12-10(13)8-6-9(14-11-8)7-4-2-1-3-5-7;1-2-3-4(7)6-5;1-3(5)4(6)7-2;1-3(2)4(5)6/h3-7,10-11H,8-9H2,1-2H3,(H,18,22);2-6,9-10,21H,7-8H2,1H3,(H,17,22);11H,8-10H2,1-7H3,(H,15,17);10H,7-9,14H2,1-6H3,(H,15,17);1-6H,(H,12,13);2-3,5H2,1H3,(H,6,7);3,5H,1-2H3;3H,1-2H3,(H,5,6)/t;10-;11-;10-;;;3-;/m.111..1./s1. The number of carboxylic acids is 2. The number of aliphatic hydroxyl groups is 2. The van der Waals surface area contributed by atoms with Gasteiger partial charge in [-0.3, -0.25) is 43.8 Å². The topological polar surface area (TPSA) is 521 Å². The van der Waals surface area contributed by atoms with E-state index >= 15 is 0 Å². The molecule has 34 nitrogen and oxygen atoms in total. The van der Waals surface area contributed by atoms with Crippen molar-refractivity contribution in [3.8, 4) is 34.0 Å². The monoisotopic (exact) mass is 1740 g/mol. The third kappa shape index (κ3) is 42.6. The molecule has 0 unspecified atom stereocenters. The van der Waals surface area contributed by atoms with Crippen LogP contribution < -0.4 is 38.3 Å². The highest BCUT2D eigenvalue weighted by atomic mass is 32.1. The molecule has 13 N–H and O–H groups in total. The van der Waals surface area contributed by atoms with Gasteiger partial charge in [-0.05, 0) is 76.8 Å². The Balaban J connectivity index is 0.000000714. The summed E-state index contributed by atoms with van der Waals surface area (Å²) >= 11 is 2.91. The van der Waals surface area contributed by atoms with E-state index in [-0.39, 0.29) is 100 Å². The number of amides is 5. The first-order chi connectivity index (χ1) is 56.2. The Labute approximate surface area is 712 Å². The summed E-state index contributed by atoms with van der Waals surface area (Å²) in [6.45, 7) is 40.3. The number of Topliss-reactive ketones (excluding diaryl/α,β-unsaturated/α-hetero) is 2. The van der Waals surface area contributed by atoms with Crippen molar-refractivity contribution in [1.82, 2.24) is 62.6 Å². The van der Waals surface area contributed by atoms with Gasteiger partial charge in [0.25, 0.3) is 11.8 Å². The van der Waals surface area contributed by atoms with Crippen LogP contribution in [0.4, 0.5) is 0 Å². The Morgan fingerprint density at radius 3 is 1.12 bits per heavy atom. The molecule has 0 radical (unpaired) electrons. The van der Waals surface area contributed by atoms with E-state index in [0.29, 0.717) is 67.0 Å². The van der Waals surface area contributed by atoms with E-state index in [2.05, 4.69) is 143 Å². The van der Waals surface area contributed by atoms with Gasteiger partial charge in [0.15, 0.2) is 62.6 Å². The molecule has 3 aromatic carbocycles. The van der Waals surface area contributed by atoms with Crippen molar-refractivity contribution < 1.29 is 95.5 Å². The Bertz CT molecular complexity index is 4170. The number of aliphatic hydroxyl groups excluding tert-OH is 2. The highest BCUT2D eigenvalue weighted by molar-refractivity contribution is 7.11. The van der Waals surface area contributed by atoms with Crippen molar-refractivity contribution in [1.29, 1.82) is 0 Å². The van der Waals surface area contributed by atoms with E-state index in [1.165, 1.54) is 31.4 Å². The summed E-state index contributed by atoms with van der Waals surface area (Å²) < 4.78 is 31.4. The van der Waals surface area contributed by atoms with Gasteiger partial charge in [-0.15, -0.1) is 31.7 Å². The lowest BCUT2D eigenvalue weighted by molar-refractivity contribution is -0.149. The van der Waals surface area contributed by atoms with Crippen LogP contribution >= 0.6 is 22.7 Å². The molecule has 0 fully saturated rings. The number of aromatic carboxylic acids is 1. The molecule has 120 heavy (non-hydrogen) atoms. The van der Waals surface area contributed by atoms with Crippen LogP contribution in [0.3, 0.4) is 0 Å². The number of aliphatic carboxylic acids is 1. The van der Waals surface area contributed by atoms with E-state index < -0.39 is 59.0 Å². The van der Waals surface area contributed by atoms with Crippen LogP contribution in [-0.4, -0.2) is 190 Å². The number of nitrogens with one attached hydrogen (secondary N) is 5. The maximum atomic E-state index is 12.1. The van der Waals surface area contributed by atoms with Crippen LogP contribution in [0.1, 0.15) is 206 Å². The maximum Gasteiger partial charge on any atom is 0.358 e. The lowest BCUT2D eigenvalue weighted by atomic mass is 10.1. The fourth-order valence-electron chi connectivity index (χ4n) is 8.27. The molecular weight excluding hydrogens is 1620 g/mol. The molecular formula is C82H124N14O20S2Si2. The molecule has 0 saturated heterocycles. The van der Waals surface area contributed by atoms with Crippen molar-refractivity contribution in [2.45, 2.75) is 222 Å². The van der Waals surface area contributed by atoms with Gasteiger partial charge in [-0.1, -0.05) is 201 Å². The van der Waals surface area contributed by atoms with Gasteiger partial charge in [0.05, 0.1) is 26.1 Å². The third-order valence-electron chi connectivity index (χ3n) is 17.4. The summed E-state index contributed by atoms with van der Waals surface area (Å²) in [5.74, 6) is 2.97. The van der Waals surface area contributed by atoms with Gasteiger partial charge in [-0.2, -0.15) is 0 Å². The predicted octanol–water partition coefficient (Wildman–Crippen LogP) is 11.9. The summed E-state index contributed by atoms with van der Waals surface area (Å²) in [5.41, 5.74) is 10.3. The fourth-order valence-corrected chi connectivity index (χ4v) is 12.6. The minimum Gasteiger partial charge on any atom is -0.481 e. The molecule has 5 amide bonds.